The van der Waals surface area contributed by atoms with Crippen LogP contribution in [0.5, 0.6) is 0 Å². The van der Waals surface area contributed by atoms with Crippen LogP contribution in [0.4, 0.5) is 17.5 Å². The minimum absolute atomic E-state index is 0.140. The fourth-order valence-electron chi connectivity index (χ4n) is 4.29. The van der Waals surface area contributed by atoms with Crippen LogP contribution in [0.15, 0.2) is 60.6 Å². The molecular formula is C26H30N6O2. The van der Waals surface area contributed by atoms with Gasteiger partial charge < -0.3 is 24.8 Å². The molecule has 1 aromatic carbocycles. The second kappa shape index (κ2) is 8.61. The van der Waals surface area contributed by atoms with Crippen molar-refractivity contribution in [2.45, 2.75) is 38.8 Å². The molecule has 2 N–H and O–H groups in total. The number of nitrogens with zero attached hydrogens (tertiary/aromatic N) is 5. The number of hydrogen-bond acceptors (Lipinski definition) is 6. The normalized spacial score (nSPS) is 16.5. The van der Waals surface area contributed by atoms with E-state index in [0.717, 1.165) is 5.69 Å². The maximum absolute atomic E-state index is 12.8. The highest BCUT2D eigenvalue weighted by molar-refractivity contribution is 5.98. The lowest BCUT2D eigenvalue weighted by Crippen LogP contribution is -2.54. The first-order valence-corrected chi connectivity index (χ1v) is 11.6. The van der Waals surface area contributed by atoms with Crippen LogP contribution in [0.3, 0.4) is 0 Å². The van der Waals surface area contributed by atoms with Crippen LogP contribution in [-0.4, -0.2) is 56.7 Å². The van der Waals surface area contributed by atoms with E-state index in [9.17, 15) is 9.90 Å². The second-order valence-electron chi connectivity index (χ2n) is 9.34. The first-order valence-electron chi connectivity index (χ1n) is 11.6. The average Bonchev–Trinajstić information content (AvgIpc) is 3.59. The fourth-order valence-corrected chi connectivity index (χ4v) is 4.29. The molecule has 3 aromatic rings. The van der Waals surface area contributed by atoms with E-state index in [2.05, 4.69) is 57.8 Å². The number of nitrogens with one attached hydrogen (secondary N) is 1. The summed E-state index contributed by atoms with van der Waals surface area (Å²) in [5.74, 6) is 0.981. The molecule has 1 amide bonds. The van der Waals surface area contributed by atoms with Gasteiger partial charge in [-0.3, -0.25) is 4.79 Å². The number of fused-ring (bicyclic) bond motifs is 1. The number of benzene rings is 1. The SMILES string of the molecule is C=C(C)/C(=C\N(C)c1ccnc(Nc2ccc3c(c2)c(C)cn3C2CC2)n1)C(=O)N1CC(O)C1. The van der Waals surface area contributed by atoms with Gasteiger partial charge in [0, 0.05) is 61.4 Å². The summed E-state index contributed by atoms with van der Waals surface area (Å²) in [7, 11) is 1.84. The van der Waals surface area contributed by atoms with Crippen molar-refractivity contribution in [3.8, 4) is 0 Å². The van der Waals surface area contributed by atoms with Crippen molar-refractivity contribution >= 4 is 34.3 Å². The van der Waals surface area contributed by atoms with Gasteiger partial charge in [-0.1, -0.05) is 6.58 Å². The third-order valence-electron chi connectivity index (χ3n) is 6.39. The summed E-state index contributed by atoms with van der Waals surface area (Å²) < 4.78 is 2.38. The molecule has 0 unspecified atom stereocenters. The number of hydrogen-bond donors (Lipinski definition) is 2. The van der Waals surface area contributed by atoms with Crippen molar-refractivity contribution < 1.29 is 9.90 Å². The number of aromatic nitrogens is 3. The number of amides is 1. The van der Waals surface area contributed by atoms with E-state index in [4.69, 9.17) is 0 Å². The second-order valence-corrected chi connectivity index (χ2v) is 9.34. The Labute approximate surface area is 199 Å². The molecule has 34 heavy (non-hydrogen) atoms. The molecule has 3 heterocycles. The highest BCUT2D eigenvalue weighted by Gasteiger charge is 2.31. The van der Waals surface area contributed by atoms with E-state index in [0.29, 0.717) is 42.0 Å². The molecule has 176 valence electrons. The molecule has 5 rings (SSSR count). The first kappa shape index (κ1) is 22.2. The van der Waals surface area contributed by atoms with Gasteiger partial charge in [-0.25, -0.2) is 4.98 Å². The summed E-state index contributed by atoms with van der Waals surface area (Å²) in [5, 5.41) is 14.1. The minimum Gasteiger partial charge on any atom is -0.389 e. The van der Waals surface area contributed by atoms with Gasteiger partial charge in [-0.05, 0) is 62.1 Å². The molecule has 8 nitrogen and oxygen atoms in total. The van der Waals surface area contributed by atoms with Gasteiger partial charge >= 0.3 is 0 Å². The molecule has 0 spiro atoms. The van der Waals surface area contributed by atoms with Crippen molar-refractivity contribution in [2.24, 2.45) is 0 Å². The Kier molecular flexibility index (Phi) is 5.61. The quantitative estimate of drug-likeness (QED) is 0.412. The van der Waals surface area contributed by atoms with Crippen LogP contribution >= 0.6 is 0 Å². The number of rotatable bonds is 7. The van der Waals surface area contributed by atoms with Gasteiger partial charge in [0.25, 0.3) is 5.91 Å². The van der Waals surface area contributed by atoms with Gasteiger partial charge in [0.1, 0.15) is 5.82 Å². The van der Waals surface area contributed by atoms with E-state index in [1.54, 1.807) is 35.2 Å². The van der Waals surface area contributed by atoms with Crippen LogP contribution in [0.25, 0.3) is 10.9 Å². The smallest absolute Gasteiger partial charge is 0.255 e. The first-order chi connectivity index (χ1) is 16.3. The van der Waals surface area contributed by atoms with E-state index < -0.39 is 6.10 Å². The third-order valence-corrected chi connectivity index (χ3v) is 6.39. The average molecular weight is 459 g/mol. The summed E-state index contributed by atoms with van der Waals surface area (Å²) in [5.41, 5.74) is 4.60. The Morgan fingerprint density at radius 1 is 1.29 bits per heavy atom. The maximum atomic E-state index is 12.8. The van der Waals surface area contributed by atoms with Crippen LogP contribution in [-0.2, 0) is 4.79 Å². The van der Waals surface area contributed by atoms with E-state index in [-0.39, 0.29) is 5.91 Å². The fraction of sp³-hybridized carbons (Fsp3) is 0.346. The summed E-state index contributed by atoms with van der Waals surface area (Å²) in [6, 6.07) is 8.78. The molecular weight excluding hydrogens is 428 g/mol. The zero-order chi connectivity index (χ0) is 24.0. The van der Waals surface area contributed by atoms with Crippen LogP contribution in [0, 0.1) is 6.92 Å². The number of anilines is 3. The molecule has 1 aliphatic heterocycles. The monoisotopic (exact) mass is 458 g/mol. The molecule has 0 radical (unpaired) electrons. The predicted octanol–water partition coefficient (Wildman–Crippen LogP) is 3.92. The number of likely N-dealkylation sites (tertiary alicyclic amines) is 1. The largest absolute Gasteiger partial charge is 0.389 e. The van der Waals surface area contributed by atoms with Gasteiger partial charge in [-0.15, -0.1) is 0 Å². The number of aliphatic hydroxyl groups excluding tert-OH is 1. The molecule has 0 bridgehead atoms. The van der Waals surface area contributed by atoms with Crippen molar-refractivity contribution in [2.75, 3.05) is 30.4 Å². The number of aryl methyl sites for hydroxylation is 1. The Balaban J connectivity index is 1.35. The molecule has 0 atom stereocenters. The molecule has 1 aliphatic carbocycles. The van der Waals surface area contributed by atoms with Crippen LogP contribution < -0.4 is 10.2 Å². The van der Waals surface area contributed by atoms with Crippen molar-refractivity contribution in [3.05, 3.63) is 66.1 Å². The highest BCUT2D eigenvalue weighted by atomic mass is 16.3. The Morgan fingerprint density at radius 3 is 2.74 bits per heavy atom. The maximum Gasteiger partial charge on any atom is 0.255 e. The van der Waals surface area contributed by atoms with E-state index in [1.807, 2.05) is 7.05 Å². The van der Waals surface area contributed by atoms with Crippen molar-refractivity contribution in [3.63, 3.8) is 0 Å². The highest BCUT2D eigenvalue weighted by Crippen LogP contribution is 2.39. The van der Waals surface area contributed by atoms with Crippen molar-refractivity contribution in [1.82, 2.24) is 19.4 Å². The molecule has 2 aliphatic rings. The zero-order valence-corrected chi connectivity index (χ0v) is 19.8. The van der Waals surface area contributed by atoms with Crippen LogP contribution in [0.1, 0.15) is 31.4 Å². The summed E-state index contributed by atoms with van der Waals surface area (Å²) in [6.07, 6.45) is 7.73. The van der Waals surface area contributed by atoms with Crippen LogP contribution in [0.2, 0.25) is 0 Å². The number of aliphatic hydroxyl groups is 1. The summed E-state index contributed by atoms with van der Waals surface area (Å²) in [6.45, 7) is 8.60. The lowest BCUT2D eigenvalue weighted by Gasteiger charge is -2.36. The number of carbonyl (C=O) groups excluding carboxylic acids is 1. The third kappa shape index (κ3) is 4.28. The standard InChI is InChI=1S/C26H30N6O2/c1-16(2)22(25(34)31-13-20(33)14-31)15-30(4)24-9-10-27-26(29-24)28-18-5-8-23-21(11-18)17(3)12-32(23)19-6-7-19/h5,8-12,15,19-20,33H,1,6-7,13-14H2,2-4H3,(H,27,28,29)/b22-15+. The zero-order valence-electron chi connectivity index (χ0n) is 19.8. The molecule has 1 saturated heterocycles. The van der Waals surface area contributed by atoms with Gasteiger partial charge in [0.15, 0.2) is 0 Å². The summed E-state index contributed by atoms with van der Waals surface area (Å²) >= 11 is 0. The molecule has 2 fully saturated rings. The lowest BCUT2D eigenvalue weighted by atomic mass is 10.1. The van der Waals surface area contributed by atoms with E-state index in [1.165, 1.54) is 29.3 Å². The number of β-amino-alcohol motifs (C(OH)–C–C–N with tert-alkyl or cyclic N) is 1. The summed E-state index contributed by atoms with van der Waals surface area (Å²) in [4.78, 5) is 25.2. The topological polar surface area (TPSA) is 86.5 Å². The molecule has 1 saturated carbocycles. The van der Waals surface area contributed by atoms with Crippen molar-refractivity contribution in [1.29, 1.82) is 0 Å². The Hall–Kier alpha value is -3.65. The van der Waals surface area contributed by atoms with E-state index >= 15 is 0 Å². The van der Waals surface area contributed by atoms with Gasteiger partial charge in [0.2, 0.25) is 5.95 Å². The van der Waals surface area contributed by atoms with Gasteiger partial charge in [-0.2, -0.15) is 4.98 Å². The molecule has 8 heteroatoms. The Bertz CT molecular complexity index is 1300. The predicted molar refractivity (Wildman–Crippen MR) is 134 cm³/mol. The number of carbonyl (C=O) groups is 1. The van der Waals surface area contributed by atoms with Gasteiger partial charge in [0.05, 0.1) is 11.7 Å². The molecule has 2 aromatic heterocycles. The minimum atomic E-state index is -0.446. The Morgan fingerprint density at radius 2 is 2.06 bits per heavy atom. The lowest BCUT2D eigenvalue weighted by molar-refractivity contribution is -0.136.